The molecule has 3 saturated carbocycles. The summed E-state index contributed by atoms with van der Waals surface area (Å²) in [6, 6.07) is 19.6. The normalized spacial score (nSPS) is 27.0. The summed E-state index contributed by atoms with van der Waals surface area (Å²) in [4.78, 5) is 23.4. The van der Waals surface area contributed by atoms with Crippen LogP contribution in [0, 0.1) is 17.3 Å². The third-order valence-corrected chi connectivity index (χ3v) is 9.70. The van der Waals surface area contributed by atoms with E-state index < -0.39 is 7.12 Å². The van der Waals surface area contributed by atoms with Crippen LogP contribution in [0.4, 0.5) is 0 Å². The molecule has 7 rings (SSSR count). The van der Waals surface area contributed by atoms with Crippen LogP contribution in [0.5, 0.6) is 0 Å². The molecule has 2 bridgehead atoms. The number of hydrogen-bond donors (Lipinski definition) is 2. The van der Waals surface area contributed by atoms with E-state index in [1.54, 1.807) is 6.20 Å². The van der Waals surface area contributed by atoms with Crippen LogP contribution < -0.4 is 11.1 Å². The van der Waals surface area contributed by atoms with Crippen molar-refractivity contribution < 1.29 is 14.1 Å². The summed E-state index contributed by atoms with van der Waals surface area (Å²) in [7, 11) is -0.503. The first-order chi connectivity index (χ1) is 19.3. The molecule has 0 spiro atoms. The SMILES string of the molecule is CC1(C)C2CC3OB(C(CCCCN)NC(=O)c4cnc(-c5ccccc5)nc4-c4ccccc4)OC3(C)C1C2. The topological polar surface area (TPSA) is 99.4 Å². The minimum Gasteiger partial charge on any atom is -0.404 e. The van der Waals surface area contributed by atoms with Crippen molar-refractivity contribution in [2.75, 3.05) is 6.54 Å². The molecule has 2 heterocycles. The number of carbonyl (C=O) groups excluding carboxylic acids is 1. The van der Waals surface area contributed by atoms with Gasteiger partial charge in [-0.2, -0.15) is 0 Å². The number of aromatic nitrogens is 2. The molecule has 0 radical (unpaired) electrons. The van der Waals surface area contributed by atoms with Crippen molar-refractivity contribution in [1.82, 2.24) is 15.3 Å². The van der Waals surface area contributed by atoms with E-state index in [0.717, 1.165) is 36.8 Å². The predicted molar refractivity (Wildman–Crippen MR) is 157 cm³/mol. The maximum atomic E-state index is 13.9. The van der Waals surface area contributed by atoms with Gasteiger partial charge in [0.1, 0.15) is 0 Å². The van der Waals surface area contributed by atoms with E-state index in [-0.39, 0.29) is 29.0 Å². The van der Waals surface area contributed by atoms with Gasteiger partial charge in [-0.3, -0.25) is 4.79 Å². The van der Waals surface area contributed by atoms with Gasteiger partial charge in [-0.15, -0.1) is 0 Å². The molecule has 8 heteroatoms. The molecule has 2 aromatic carbocycles. The second-order valence-corrected chi connectivity index (χ2v) is 12.4. The van der Waals surface area contributed by atoms with Gasteiger partial charge in [-0.05, 0) is 56.4 Å². The molecular weight excluding hydrogens is 499 g/mol. The van der Waals surface area contributed by atoms with E-state index in [1.165, 1.54) is 6.42 Å². The highest BCUT2D eigenvalue weighted by molar-refractivity contribution is 6.48. The molecule has 4 aliphatic rings. The molecule has 4 fully saturated rings. The average molecular weight is 539 g/mol. The third kappa shape index (κ3) is 4.76. The molecule has 40 heavy (non-hydrogen) atoms. The Kier molecular flexibility index (Phi) is 7.27. The highest BCUT2D eigenvalue weighted by Gasteiger charge is 2.68. The first kappa shape index (κ1) is 27.1. The molecule has 5 unspecified atom stereocenters. The van der Waals surface area contributed by atoms with Gasteiger partial charge in [0.15, 0.2) is 5.82 Å². The fourth-order valence-corrected chi connectivity index (χ4v) is 7.19. The number of nitrogens with zero attached hydrogens (tertiary/aromatic N) is 2. The zero-order chi connectivity index (χ0) is 27.9. The summed E-state index contributed by atoms with van der Waals surface area (Å²) in [5, 5.41) is 3.27. The number of carbonyl (C=O) groups is 1. The monoisotopic (exact) mass is 538 g/mol. The van der Waals surface area contributed by atoms with Crippen LogP contribution in [0.1, 0.15) is 63.2 Å². The number of rotatable bonds is 9. The Balaban J connectivity index is 1.28. The van der Waals surface area contributed by atoms with Gasteiger partial charge in [0.05, 0.1) is 28.9 Å². The summed E-state index contributed by atoms with van der Waals surface area (Å²) in [5.74, 6) is 1.17. The molecule has 7 nitrogen and oxygen atoms in total. The van der Waals surface area contributed by atoms with Crippen molar-refractivity contribution in [2.45, 2.75) is 70.5 Å². The Morgan fingerprint density at radius 1 is 1.05 bits per heavy atom. The minimum absolute atomic E-state index is 0.0524. The van der Waals surface area contributed by atoms with Crippen molar-refractivity contribution in [3.05, 3.63) is 72.4 Å². The lowest BCUT2D eigenvalue weighted by Crippen LogP contribution is -2.65. The van der Waals surface area contributed by atoms with E-state index in [9.17, 15) is 4.79 Å². The van der Waals surface area contributed by atoms with Crippen LogP contribution in [-0.4, -0.2) is 47.2 Å². The fraction of sp³-hybridized carbons (Fsp3) is 0.469. The zero-order valence-corrected chi connectivity index (χ0v) is 23.7. The largest absolute Gasteiger partial charge is 0.481 e. The Morgan fingerprint density at radius 2 is 1.75 bits per heavy atom. The van der Waals surface area contributed by atoms with Crippen LogP contribution in [0.3, 0.4) is 0 Å². The average Bonchev–Trinajstić information content (AvgIpc) is 3.34. The van der Waals surface area contributed by atoms with Crippen molar-refractivity contribution in [1.29, 1.82) is 0 Å². The maximum absolute atomic E-state index is 13.9. The van der Waals surface area contributed by atoms with Crippen molar-refractivity contribution in [2.24, 2.45) is 23.0 Å². The van der Waals surface area contributed by atoms with Gasteiger partial charge in [-0.1, -0.05) is 80.9 Å². The van der Waals surface area contributed by atoms with Crippen LogP contribution in [-0.2, 0) is 9.31 Å². The first-order valence-corrected chi connectivity index (χ1v) is 14.6. The number of hydrogen-bond acceptors (Lipinski definition) is 6. The standard InChI is InChI=1S/C32H39BN4O3/c1-31(2)23-18-25(31)32(3)26(19-23)39-33(40-32)27(16-10-11-17-34)36-30(38)24-20-35-29(22-14-8-5-9-15-22)37-28(24)21-12-6-4-7-13-21/h4-9,12-15,20,23,25-27H,10-11,16-19,34H2,1-3H3,(H,36,38). The quantitative estimate of drug-likeness (QED) is 0.283. The molecule has 3 aromatic rings. The van der Waals surface area contributed by atoms with E-state index in [1.807, 2.05) is 60.7 Å². The molecule has 3 aliphatic carbocycles. The van der Waals surface area contributed by atoms with Crippen molar-refractivity contribution in [3.63, 3.8) is 0 Å². The summed E-state index contributed by atoms with van der Waals surface area (Å²) < 4.78 is 13.3. The van der Waals surface area contributed by atoms with Gasteiger partial charge < -0.3 is 20.4 Å². The van der Waals surface area contributed by atoms with Crippen LogP contribution in [0.15, 0.2) is 66.9 Å². The number of nitrogens with one attached hydrogen (secondary N) is 1. The van der Waals surface area contributed by atoms with Gasteiger partial charge in [0, 0.05) is 17.3 Å². The first-order valence-electron chi connectivity index (χ1n) is 14.6. The zero-order valence-electron chi connectivity index (χ0n) is 23.7. The lowest BCUT2D eigenvalue weighted by molar-refractivity contribution is -0.199. The number of nitrogens with two attached hydrogens (primary N) is 1. The minimum atomic E-state index is -0.503. The molecule has 3 N–H and O–H groups in total. The third-order valence-electron chi connectivity index (χ3n) is 9.70. The molecule has 5 atom stereocenters. The van der Waals surface area contributed by atoms with E-state index in [2.05, 4.69) is 31.1 Å². The molecule has 208 valence electrons. The molecule has 1 saturated heterocycles. The number of benzene rings is 2. The van der Waals surface area contributed by atoms with Gasteiger partial charge in [-0.25, -0.2) is 9.97 Å². The van der Waals surface area contributed by atoms with Gasteiger partial charge in [0.2, 0.25) is 0 Å². The fourth-order valence-electron chi connectivity index (χ4n) is 7.19. The van der Waals surface area contributed by atoms with Crippen molar-refractivity contribution in [3.8, 4) is 22.6 Å². The van der Waals surface area contributed by atoms with Gasteiger partial charge >= 0.3 is 7.12 Å². The number of amides is 1. The van der Waals surface area contributed by atoms with E-state index >= 15 is 0 Å². The second-order valence-electron chi connectivity index (χ2n) is 12.4. The Labute approximate surface area is 237 Å². The van der Waals surface area contributed by atoms with E-state index in [4.69, 9.17) is 20.0 Å². The summed E-state index contributed by atoms with van der Waals surface area (Å²) in [6.07, 6.45) is 6.35. The Bertz CT molecular complexity index is 1350. The summed E-state index contributed by atoms with van der Waals surface area (Å²) in [5.41, 5.74) is 8.52. The number of unbranched alkanes of at least 4 members (excludes halogenated alkanes) is 1. The molecule has 1 aliphatic heterocycles. The maximum Gasteiger partial charge on any atom is 0.481 e. The molecule has 1 amide bonds. The van der Waals surface area contributed by atoms with Gasteiger partial charge in [0.25, 0.3) is 5.91 Å². The Hall–Kier alpha value is -3.07. The van der Waals surface area contributed by atoms with E-state index in [0.29, 0.717) is 35.5 Å². The van der Waals surface area contributed by atoms with Crippen LogP contribution in [0.2, 0.25) is 0 Å². The van der Waals surface area contributed by atoms with Crippen LogP contribution >= 0.6 is 0 Å². The Morgan fingerprint density at radius 3 is 2.42 bits per heavy atom. The predicted octanol–water partition coefficient (Wildman–Crippen LogP) is 5.31. The highest BCUT2D eigenvalue weighted by Crippen LogP contribution is 2.65. The highest BCUT2D eigenvalue weighted by atomic mass is 16.7. The second kappa shape index (κ2) is 10.7. The smallest absolute Gasteiger partial charge is 0.404 e. The molecule has 1 aromatic heterocycles. The lowest BCUT2D eigenvalue weighted by Gasteiger charge is -2.64. The van der Waals surface area contributed by atoms with Crippen LogP contribution in [0.25, 0.3) is 22.6 Å². The lowest BCUT2D eigenvalue weighted by atomic mass is 9.43. The summed E-state index contributed by atoms with van der Waals surface area (Å²) >= 11 is 0. The molecular formula is C32H39BN4O3. The summed E-state index contributed by atoms with van der Waals surface area (Å²) in [6.45, 7) is 7.53. The van der Waals surface area contributed by atoms with Crippen molar-refractivity contribution >= 4 is 13.0 Å².